The van der Waals surface area contributed by atoms with Crippen molar-refractivity contribution >= 4 is 5.91 Å². The summed E-state index contributed by atoms with van der Waals surface area (Å²) in [5, 5.41) is 0. The Balaban J connectivity index is 1.95. The molecule has 6 heteroatoms. The van der Waals surface area contributed by atoms with E-state index in [1.54, 1.807) is 12.4 Å². The summed E-state index contributed by atoms with van der Waals surface area (Å²) in [6.07, 6.45) is 8.86. The summed E-state index contributed by atoms with van der Waals surface area (Å²) in [4.78, 5) is 21.1. The number of aromatic nitrogens is 2. The summed E-state index contributed by atoms with van der Waals surface area (Å²) >= 11 is 0. The molecule has 1 aromatic carbocycles. The van der Waals surface area contributed by atoms with E-state index in [9.17, 15) is 9.18 Å². The maximum atomic E-state index is 13.8. The Hall–Kier alpha value is -3.12. The molecule has 1 aliphatic heterocycles. The van der Waals surface area contributed by atoms with Crippen LogP contribution in [0.5, 0.6) is 0 Å². The summed E-state index contributed by atoms with van der Waals surface area (Å²) in [5.41, 5.74) is 8.86. The third kappa shape index (κ3) is 3.71. The number of likely N-dealkylation sites (tertiary alicyclic amines) is 1. The zero-order chi connectivity index (χ0) is 21.1. The molecule has 0 bridgehead atoms. The van der Waals surface area contributed by atoms with E-state index in [0.717, 1.165) is 36.1 Å². The number of amides is 1. The second-order valence-electron chi connectivity index (χ2n) is 8.18. The van der Waals surface area contributed by atoms with Gasteiger partial charge in [-0.25, -0.2) is 4.39 Å². The molecule has 2 unspecified atom stereocenters. The Kier molecular flexibility index (Phi) is 5.59. The van der Waals surface area contributed by atoms with E-state index in [2.05, 4.69) is 17.0 Å². The summed E-state index contributed by atoms with van der Waals surface area (Å²) in [7, 11) is 2.09. The van der Waals surface area contributed by atoms with Crippen molar-refractivity contribution in [2.45, 2.75) is 30.8 Å². The van der Waals surface area contributed by atoms with Crippen LogP contribution in [0.15, 0.2) is 73.3 Å². The molecule has 2 N–H and O–H groups in total. The minimum absolute atomic E-state index is 0.122. The average Bonchev–Trinajstić information content (AvgIpc) is 3.16. The fourth-order valence-electron chi connectivity index (χ4n) is 5.05. The van der Waals surface area contributed by atoms with E-state index in [-0.39, 0.29) is 29.7 Å². The van der Waals surface area contributed by atoms with Gasteiger partial charge < -0.3 is 10.2 Å². The zero-order valence-corrected chi connectivity index (χ0v) is 17.0. The average molecular weight is 405 g/mol. The van der Waals surface area contributed by atoms with Crippen molar-refractivity contribution in [1.29, 1.82) is 0 Å². The minimum atomic E-state index is -0.309. The van der Waals surface area contributed by atoms with Gasteiger partial charge in [0.25, 0.3) is 5.91 Å². The fraction of sp³-hybridized carbons (Fsp3) is 0.292. The third-order valence-corrected chi connectivity index (χ3v) is 6.41. The van der Waals surface area contributed by atoms with Crippen molar-refractivity contribution in [2.75, 3.05) is 13.6 Å². The number of carbonyl (C=O) groups is 1. The minimum Gasteiger partial charge on any atom is -0.365 e. The van der Waals surface area contributed by atoms with Gasteiger partial charge in [-0.2, -0.15) is 0 Å². The van der Waals surface area contributed by atoms with E-state index in [1.165, 1.54) is 12.1 Å². The van der Waals surface area contributed by atoms with Crippen molar-refractivity contribution in [1.82, 2.24) is 9.97 Å². The number of quaternary nitrogens is 1. The van der Waals surface area contributed by atoms with Crippen LogP contribution in [0.4, 0.5) is 4.39 Å². The van der Waals surface area contributed by atoms with Gasteiger partial charge in [-0.1, -0.05) is 24.3 Å². The maximum Gasteiger partial charge on any atom is 0.275 e. The number of hydrogen-bond acceptors (Lipinski definition) is 3. The Morgan fingerprint density at radius 3 is 2.13 bits per heavy atom. The first kappa shape index (κ1) is 20.2. The first-order valence-corrected chi connectivity index (χ1v) is 10.2. The molecule has 1 aliphatic rings. The van der Waals surface area contributed by atoms with E-state index in [1.807, 2.05) is 48.8 Å². The second-order valence-corrected chi connectivity index (χ2v) is 8.18. The highest BCUT2D eigenvalue weighted by molar-refractivity contribution is 5.79. The van der Waals surface area contributed by atoms with Crippen LogP contribution >= 0.6 is 0 Å². The van der Waals surface area contributed by atoms with Crippen LogP contribution < -0.4 is 5.73 Å². The van der Waals surface area contributed by atoms with E-state index in [0.29, 0.717) is 4.48 Å². The number of hydrogen-bond donors (Lipinski definition) is 1. The molecule has 2 aromatic heterocycles. The lowest BCUT2D eigenvalue weighted by Gasteiger charge is -2.45. The molecule has 30 heavy (non-hydrogen) atoms. The monoisotopic (exact) mass is 405 g/mol. The highest BCUT2D eigenvalue weighted by atomic mass is 19.1. The number of halogens is 1. The van der Waals surface area contributed by atoms with Crippen LogP contribution in [0.3, 0.4) is 0 Å². The predicted octanol–water partition coefficient (Wildman–Crippen LogP) is 3.58. The number of carbonyl (C=O) groups excluding carboxylic acids is 1. The SMILES string of the molecule is C[N+]1(C(c2ccc(F)cc2)C(c2cccnc2)c2cccnc2)CCC[C@H]1C(N)=O. The number of nitrogens with two attached hydrogens (primary N) is 1. The Labute approximate surface area is 176 Å². The molecule has 5 nitrogen and oxygen atoms in total. The van der Waals surface area contributed by atoms with Crippen LogP contribution in [0.25, 0.3) is 0 Å². The van der Waals surface area contributed by atoms with Crippen LogP contribution in [-0.2, 0) is 4.79 Å². The van der Waals surface area contributed by atoms with Crippen LogP contribution in [0, 0.1) is 5.82 Å². The molecule has 3 heterocycles. The molecule has 0 radical (unpaired) electrons. The number of rotatable bonds is 6. The van der Waals surface area contributed by atoms with E-state index in [4.69, 9.17) is 5.73 Å². The maximum absolute atomic E-state index is 13.8. The molecule has 3 aromatic rings. The summed E-state index contributed by atoms with van der Waals surface area (Å²) in [6, 6.07) is 14.0. The van der Waals surface area contributed by atoms with Gasteiger partial charge in [-0.15, -0.1) is 0 Å². The van der Waals surface area contributed by atoms with Crippen molar-refractivity contribution in [2.24, 2.45) is 5.73 Å². The Morgan fingerprint density at radius 1 is 1.03 bits per heavy atom. The first-order chi connectivity index (χ1) is 14.5. The van der Waals surface area contributed by atoms with Gasteiger partial charge in [0.15, 0.2) is 6.04 Å². The lowest BCUT2D eigenvalue weighted by atomic mass is 9.80. The smallest absolute Gasteiger partial charge is 0.275 e. The molecule has 0 aliphatic carbocycles. The number of primary amides is 1. The normalized spacial score (nSPS) is 22.2. The molecular weight excluding hydrogens is 379 g/mol. The van der Waals surface area contributed by atoms with Crippen LogP contribution in [0.2, 0.25) is 0 Å². The number of likely N-dealkylation sites (N-methyl/N-ethyl adjacent to an activating group) is 1. The Bertz CT molecular complexity index is 957. The van der Waals surface area contributed by atoms with Crippen molar-refractivity contribution in [3.05, 3.63) is 95.8 Å². The molecule has 154 valence electrons. The van der Waals surface area contributed by atoms with Crippen molar-refractivity contribution < 1.29 is 13.7 Å². The summed E-state index contributed by atoms with van der Waals surface area (Å²) < 4.78 is 14.2. The summed E-state index contributed by atoms with van der Waals surface area (Å²) in [5.74, 6) is -0.701. The fourth-order valence-corrected chi connectivity index (χ4v) is 5.05. The van der Waals surface area contributed by atoms with Gasteiger partial charge in [-0.05, 0) is 35.4 Å². The van der Waals surface area contributed by atoms with E-state index < -0.39 is 0 Å². The van der Waals surface area contributed by atoms with Crippen molar-refractivity contribution in [3.8, 4) is 0 Å². The molecule has 1 saturated heterocycles. The van der Waals surface area contributed by atoms with Crippen LogP contribution in [-0.4, -0.2) is 40.0 Å². The molecule has 3 atom stereocenters. The molecule has 4 rings (SSSR count). The zero-order valence-electron chi connectivity index (χ0n) is 17.0. The molecule has 1 amide bonds. The van der Waals surface area contributed by atoms with Gasteiger partial charge >= 0.3 is 0 Å². The third-order valence-electron chi connectivity index (χ3n) is 6.41. The van der Waals surface area contributed by atoms with Gasteiger partial charge in [0.2, 0.25) is 0 Å². The van der Waals surface area contributed by atoms with Gasteiger partial charge in [-0.3, -0.25) is 14.8 Å². The number of nitrogens with zero attached hydrogens (tertiary/aromatic N) is 3. The van der Waals surface area contributed by atoms with Gasteiger partial charge in [0.1, 0.15) is 11.9 Å². The van der Waals surface area contributed by atoms with Crippen LogP contribution in [0.1, 0.15) is 41.5 Å². The molecule has 0 saturated carbocycles. The quantitative estimate of drug-likeness (QED) is 0.638. The molecule has 0 spiro atoms. The number of pyridine rings is 2. The topological polar surface area (TPSA) is 68.9 Å². The summed E-state index contributed by atoms with van der Waals surface area (Å²) in [6.45, 7) is 0.812. The highest BCUT2D eigenvalue weighted by Gasteiger charge is 2.51. The lowest BCUT2D eigenvalue weighted by Crippen LogP contribution is -2.57. The highest BCUT2D eigenvalue weighted by Crippen LogP contribution is 2.47. The first-order valence-electron chi connectivity index (χ1n) is 10.2. The van der Waals surface area contributed by atoms with Gasteiger partial charge in [0.05, 0.1) is 19.5 Å². The van der Waals surface area contributed by atoms with Gasteiger partial charge in [0, 0.05) is 43.2 Å². The predicted molar refractivity (Wildman–Crippen MR) is 113 cm³/mol. The molecular formula is C24H26FN4O+. The number of benzene rings is 1. The van der Waals surface area contributed by atoms with E-state index >= 15 is 0 Å². The Morgan fingerprint density at radius 2 is 1.63 bits per heavy atom. The van der Waals surface area contributed by atoms with Crippen molar-refractivity contribution in [3.63, 3.8) is 0 Å². The lowest BCUT2D eigenvalue weighted by molar-refractivity contribution is -0.943. The largest absolute Gasteiger partial charge is 0.365 e. The standard InChI is InChI=1S/C24H25FN4O/c1-29(14-4-7-21(29)24(26)30)23(17-8-10-20(25)11-9-17)22(18-5-2-12-27-15-18)19-6-3-13-28-16-19/h2-3,5-6,8-13,15-16,21-23H,4,7,14H2,1H3,(H-,26,30)/p+1/t21-,23?,29?/m0/s1. The molecule has 1 fully saturated rings. The second kappa shape index (κ2) is 8.32.